The third kappa shape index (κ3) is 4.87. The van der Waals surface area contributed by atoms with Gasteiger partial charge in [-0.25, -0.2) is 0 Å². The lowest BCUT2D eigenvalue weighted by Crippen LogP contribution is -1.80. The van der Waals surface area contributed by atoms with Crippen LogP contribution in [0.2, 0.25) is 0 Å². The van der Waals surface area contributed by atoms with Crippen LogP contribution in [-0.2, 0) is 0 Å². The molecule has 0 amide bonds. The van der Waals surface area contributed by atoms with Crippen LogP contribution in [-0.4, -0.2) is 0 Å². The second kappa shape index (κ2) is 8.02. The van der Waals surface area contributed by atoms with Crippen LogP contribution in [0, 0.1) is 23.7 Å². The van der Waals surface area contributed by atoms with E-state index in [1.54, 1.807) is 0 Å². The maximum absolute atomic E-state index is 3.46. The summed E-state index contributed by atoms with van der Waals surface area (Å²) in [5.41, 5.74) is 3.87. The standard InChI is InChI=1S/C22H12Br2/c23-21-8-2-6-19(15-21)12-10-17-4-1-5-18(14-17)11-13-20-7-3-9-22(24)16-20/h1-9,14-16H. The second-order valence-electron chi connectivity index (χ2n) is 5.10. The van der Waals surface area contributed by atoms with Gasteiger partial charge in [0.05, 0.1) is 0 Å². The molecule has 3 aromatic carbocycles. The third-order valence-corrected chi connectivity index (χ3v) is 4.20. The molecule has 0 saturated heterocycles. The summed E-state index contributed by atoms with van der Waals surface area (Å²) < 4.78 is 2.06. The van der Waals surface area contributed by atoms with Crippen molar-refractivity contribution in [1.82, 2.24) is 0 Å². The molecular formula is C22H12Br2. The quantitative estimate of drug-likeness (QED) is 0.379. The molecule has 0 spiro atoms. The van der Waals surface area contributed by atoms with Gasteiger partial charge in [-0.3, -0.25) is 0 Å². The van der Waals surface area contributed by atoms with Crippen LogP contribution in [0.1, 0.15) is 22.3 Å². The number of halogens is 2. The van der Waals surface area contributed by atoms with Gasteiger partial charge in [0.25, 0.3) is 0 Å². The van der Waals surface area contributed by atoms with Crippen molar-refractivity contribution in [3.8, 4) is 23.7 Å². The Kier molecular flexibility index (Phi) is 5.55. The lowest BCUT2D eigenvalue weighted by Gasteiger charge is -1.94. The number of benzene rings is 3. The van der Waals surface area contributed by atoms with Gasteiger partial charge in [0, 0.05) is 31.2 Å². The van der Waals surface area contributed by atoms with E-state index in [0.717, 1.165) is 31.2 Å². The molecule has 0 heterocycles. The zero-order chi connectivity index (χ0) is 16.8. The Morgan fingerprint density at radius 3 is 1.17 bits per heavy atom. The SMILES string of the molecule is Brc1cccc(C#Cc2cccc(C#Cc3cccc(Br)c3)c2)c1. The number of hydrogen-bond donors (Lipinski definition) is 0. The predicted molar refractivity (Wildman–Crippen MR) is 107 cm³/mol. The Hall–Kier alpha value is -2.26. The van der Waals surface area contributed by atoms with Gasteiger partial charge in [0.2, 0.25) is 0 Å². The first-order valence-electron chi connectivity index (χ1n) is 7.34. The topological polar surface area (TPSA) is 0 Å². The highest BCUT2D eigenvalue weighted by atomic mass is 79.9. The Morgan fingerprint density at radius 2 is 0.792 bits per heavy atom. The minimum Gasteiger partial charge on any atom is -0.0616 e. The monoisotopic (exact) mass is 434 g/mol. The first-order valence-corrected chi connectivity index (χ1v) is 8.93. The van der Waals surface area contributed by atoms with Gasteiger partial charge in [-0.05, 0) is 54.6 Å². The summed E-state index contributed by atoms with van der Waals surface area (Å²) in [5, 5.41) is 0. The average molecular weight is 436 g/mol. The van der Waals surface area contributed by atoms with E-state index in [-0.39, 0.29) is 0 Å². The fourth-order valence-electron chi connectivity index (χ4n) is 2.10. The largest absolute Gasteiger partial charge is 0.0616 e. The molecular weight excluding hydrogens is 424 g/mol. The van der Waals surface area contributed by atoms with Crippen molar-refractivity contribution in [3.05, 3.63) is 104 Å². The Morgan fingerprint density at radius 1 is 0.458 bits per heavy atom. The summed E-state index contributed by atoms with van der Waals surface area (Å²) in [5.74, 6) is 12.7. The Labute approximate surface area is 159 Å². The maximum atomic E-state index is 3.46. The van der Waals surface area contributed by atoms with Gasteiger partial charge in [0.1, 0.15) is 0 Å². The average Bonchev–Trinajstić information content (AvgIpc) is 2.59. The Bertz CT molecular complexity index is 916. The smallest absolute Gasteiger partial charge is 0.0261 e. The molecule has 0 aliphatic rings. The fourth-order valence-corrected chi connectivity index (χ4v) is 2.89. The van der Waals surface area contributed by atoms with Crippen LogP contribution in [0.5, 0.6) is 0 Å². The van der Waals surface area contributed by atoms with Gasteiger partial charge < -0.3 is 0 Å². The van der Waals surface area contributed by atoms with E-state index in [1.807, 2.05) is 72.8 Å². The van der Waals surface area contributed by atoms with Crippen LogP contribution in [0.3, 0.4) is 0 Å². The van der Waals surface area contributed by atoms with Gasteiger partial charge >= 0.3 is 0 Å². The van der Waals surface area contributed by atoms with Gasteiger partial charge in [0.15, 0.2) is 0 Å². The summed E-state index contributed by atoms with van der Waals surface area (Å²) in [7, 11) is 0. The summed E-state index contributed by atoms with van der Waals surface area (Å²) in [6.07, 6.45) is 0. The van der Waals surface area contributed by atoms with E-state index in [9.17, 15) is 0 Å². The molecule has 0 aliphatic carbocycles. The molecule has 0 atom stereocenters. The highest BCUT2D eigenvalue weighted by Crippen LogP contribution is 2.12. The fraction of sp³-hybridized carbons (Fsp3) is 0. The van der Waals surface area contributed by atoms with E-state index >= 15 is 0 Å². The van der Waals surface area contributed by atoms with E-state index in [1.165, 1.54) is 0 Å². The van der Waals surface area contributed by atoms with Gasteiger partial charge in [-0.1, -0.05) is 73.7 Å². The van der Waals surface area contributed by atoms with Crippen LogP contribution in [0.25, 0.3) is 0 Å². The summed E-state index contributed by atoms with van der Waals surface area (Å²) in [4.78, 5) is 0. The lowest BCUT2D eigenvalue weighted by molar-refractivity contribution is 1.57. The van der Waals surface area contributed by atoms with Crippen molar-refractivity contribution >= 4 is 31.9 Å². The molecule has 0 saturated carbocycles. The molecule has 0 nitrogen and oxygen atoms in total. The van der Waals surface area contributed by atoms with Gasteiger partial charge in [-0.2, -0.15) is 0 Å². The van der Waals surface area contributed by atoms with Crippen molar-refractivity contribution in [2.45, 2.75) is 0 Å². The molecule has 0 aromatic heterocycles. The zero-order valence-corrected chi connectivity index (χ0v) is 15.9. The summed E-state index contributed by atoms with van der Waals surface area (Å²) >= 11 is 6.92. The molecule has 0 fully saturated rings. The van der Waals surface area contributed by atoms with E-state index in [0.29, 0.717) is 0 Å². The molecule has 114 valence electrons. The lowest BCUT2D eigenvalue weighted by atomic mass is 10.1. The second-order valence-corrected chi connectivity index (χ2v) is 6.93. The predicted octanol–water partition coefficient (Wildman–Crippen LogP) is 6.01. The molecule has 0 aliphatic heterocycles. The van der Waals surface area contributed by atoms with Crippen molar-refractivity contribution in [2.75, 3.05) is 0 Å². The minimum absolute atomic E-state index is 0.955. The minimum atomic E-state index is 0.955. The van der Waals surface area contributed by atoms with Crippen molar-refractivity contribution in [2.24, 2.45) is 0 Å². The molecule has 3 rings (SSSR count). The highest BCUT2D eigenvalue weighted by Gasteiger charge is 1.92. The van der Waals surface area contributed by atoms with E-state index in [4.69, 9.17) is 0 Å². The van der Waals surface area contributed by atoms with Crippen LogP contribution in [0.4, 0.5) is 0 Å². The molecule has 0 unspecified atom stereocenters. The number of hydrogen-bond acceptors (Lipinski definition) is 0. The summed E-state index contributed by atoms with van der Waals surface area (Å²) in [6, 6.07) is 23.9. The highest BCUT2D eigenvalue weighted by molar-refractivity contribution is 9.10. The summed E-state index contributed by atoms with van der Waals surface area (Å²) in [6.45, 7) is 0. The normalized spacial score (nSPS) is 9.42. The maximum Gasteiger partial charge on any atom is 0.0261 e. The van der Waals surface area contributed by atoms with Crippen molar-refractivity contribution in [1.29, 1.82) is 0 Å². The van der Waals surface area contributed by atoms with Crippen LogP contribution >= 0.6 is 31.9 Å². The van der Waals surface area contributed by atoms with E-state index in [2.05, 4.69) is 55.5 Å². The molecule has 0 bridgehead atoms. The Balaban J connectivity index is 1.83. The van der Waals surface area contributed by atoms with Crippen LogP contribution < -0.4 is 0 Å². The third-order valence-electron chi connectivity index (χ3n) is 3.21. The molecule has 0 radical (unpaired) electrons. The number of rotatable bonds is 0. The first-order chi connectivity index (χ1) is 11.7. The zero-order valence-electron chi connectivity index (χ0n) is 12.7. The van der Waals surface area contributed by atoms with E-state index < -0.39 is 0 Å². The molecule has 2 heteroatoms. The van der Waals surface area contributed by atoms with Crippen LogP contribution in [0.15, 0.2) is 81.7 Å². The van der Waals surface area contributed by atoms with Crippen molar-refractivity contribution < 1.29 is 0 Å². The molecule has 24 heavy (non-hydrogen) atoms. The first kappa shape index (κ1) is 16.6. The molecule has 3 aromatic rings. The molecule has 0 N–H and O–H groups in total. The van der Waals surface area contributed by atoms with Crippen molar-refractivity contribution in [3.63, 3.8) is 0 Å². The van der Waals surface area contributed by atoms with Gasteiger partial charge in [-0.15, -0.1) is 0 Å².